The molecule has 3 rings (SSSR count). The van der Waals surface area contributed by atoms with E-state index in [4.69, 9.17) is 10.2 Å². The van der Waals surface area contributed by atoms with Crippen LogP contribution in [0.5, 0.6) is 11.5 Å². The summed E-state index contributed by atoms with van der Waals surface area (Å²) < 4.78 is 0. The fourth-order valence-corrected chi connectivity index (χ4v) is 1.08. The molecule has 108 valence electrons. The highest BCUT2D eigenvalue weighted by molar-refractivity contribution is 5.12. The molecule has 0 aromatic carbocycles. The van der Waals surface area contributed by atoms with Crippen molar-refractivity contribution in [1.82, 2.24) is 15.0 Å². The van der Waals surface area contributed by atoms with E-state index in [0.29, 0.717) is 0 Å². The zero-order chi connectivity index (χ0) is 15.3. The predicted molar refractivity (Wildman–Crippen MR) is 78.9 cm³/mol. The zero-order valence-corrected chi connectivity index (χ0v) is 11.1. The van der Waals surface area contributed by atoms with Crippen LogP contribution in [0.2, 0.25) is 0 Å². The summed E-state index contributed by atoms with van der Waals surface area (Å²) in [5.41, 5.74) is 0.0405. The highest BCUT2D eigenvalue weighted by atomic mass is 16.3. The summed E-state index contributed by atoms with van der Waals surface area (Å²) in [6.07, 6.45) is 9.20. The molecule has 0 atom stereocenters. The molecule has 0 fully saturated rings. The summed E-state index contributed by atoms with van der Waals surface area (Å²) in [5.74, 6) is 0.421. The quantitative estimate of drug-likeness (QED) is 0.586. The Kier molecular flexibility index (Phi) is 7.38. The molecule has 0 bridgehead atoms. The molecule has 6 heteroatoms. The second kappa shape index (κ2) is 9.74. The van der Waals surface area contributed by atoms with Crippen LogP contribution in [-0.4, -0.2) is 25.2 Å². The molecule has 0 aliphatic rings. The molecule has 0 radical (unpaired) electrons. The predicted octanol–water partition coefficient (Wildman–Crippen LogP) is 1.95. The van der Waals surface area contributed by atoms with E-state index in [0.717, 1.165) is 0 Å². The molecule has 3 N–H and O–H groups in total. The lowest BCUT2D eigenvalue weighted by Gasteiger charge is -1.81. The Labute approximate surface area is 121 Å². The topological polar surface area (TPSA) is 99.1 Å². The third-order valence-corrected chi connectivity index (χ3v) is 1.98. The van der Waals surface area contributed by atoms with Crippen molar-refractivity contribution >= 4 is 0 Å². The second-order valence-corrected chi connectivity index (χ2v) is 3.66. The molecular weight excluding hydrogens is 270 g/mol. The van der Waals surface area contributed by atoms with Gasteiger partial charge < -0.3 is 15.2 Å². The second-order valence-electron chi connectivity index (χ2n) is 3.66. The number of nitrogens with zero attached hydrogens (tertiary/aromatic N) is 2. The van der Waals surface area contributed by atoms with Crippen molar-refractivity contribution in [3.8, 4) is 11.5 Å². The Morgan fingerprint density at radius 2 is 1.29 bits per heavy atom. The maximum Gasteiger partial charge on any atom is 0.181 e. The van der Waals surface area contributed by atoms with Crippen molar-refractivity contribution < 1.29 is 10.2 Å². The van der Waals surface area contributed by atoms with Crippen molar-refractivity contribution in [2.75, 3.05) is 0 Å². The molecule has 0 saturated carbocycles. The van der Waals surface area contributed by atoms with Gasteiger partial charge in [-0.1, -0.05) is 0 Å². The standard InChI is InChI=1S/3C5H5NO/c7-5-1-3-6-4-2-5;2*7-5-2-1-3-6-4-5/h1-4H,(H,6,7);2*1-4,7H. The van der Waals surface area contributed by atoms with Gasteiger partial charge in [-0.2, -0.15) is 0 Å². The number of H-pyrrole nitrogens is 1. The molecule has 3 heterocycles. The fourth-order valence-electron chi connectivity index (χ4n) is 1.08. The lowest BCUT2D eigenvalue weighted by molar-refractivity contribution is 0.472. The number of nitrogens with one attached hydrogen (secondary N) is 1. The van der Waals surface area contributed by atoms with Gasteiger partial charge in [-0.3, -0.25) is 14.8 Å². The fraction of sp³-hybridized carbons (Fsp3) is 0. The van der Waals surface area contributed by atoms with Crippen molar-refractivity contribution in [2.24, 2.45) is 0 Å². The summed E-state index contributed by atoms with van der Waals surface area (Å²) in [5, 5.41) is 17.1. The summed E-state index contributed by atoms with van der Waals surface area (Å²) in [6.45, 7) is 0. The van der Waals surface area contributed by atoms with Crippen molar-refractivity contribution in [3.05, 3.63) is 83.8 Å². The molecule has 0 aliphatic heterocycles. The molecule has 0 saturated heterocycles. The molecule has 0 spiro atoms. The molecule has 0 aliphatic carbocycles. The van der Waals surface area contributed by atoms with Gasteiger partial charge in [0, 0.05) is 36.9 Å². The van der Waals surface area contributed by atoms with Crippen LogP contribution >= 0.6 is 0 Å². The van der Waals surface area contributed by atoms with Gasteiger partial charge in [0.15, 0.2) is 5.43 Å². The van der Waals surface area contributed by atoms with Crippen LogP contribution in [-0.2, 0) is 0 Å². The Balaban J connectivity index is 0.000000157. The minimum Gasteiger partial charge on any atom is -0.506 e. The third-order valence-electron chi connectivity index (χ3n) is 1.98. The number of aromatic nitrogens is 3. The van der Waals surface area contributed by atoms with Gasteiger partial charge >= 0.3 is 0 Å². The summed E-state index contributed by atoms with van der Waals surface area (Å²) in [4.78, 5) is 20.3. The number of aromatic amines is 1. The van der Waals surface area contributed by atoms with E-state index in [1.165, 1.54) is 24.5 Å². The van der Waals surface area contributed by atoms with E-state index in [1.54, 1.807) is 49.1 Å². The summed E-state index contributed by atoms with van der Waals surface area (Å²) >= 11 is 0. The number of pyridine rings is 3. The lowest BCUT2D eigenvalue weighted by atomic mass is 10.5. The molecule has 3 aromatic heterocycles. The van der Waals surface area contributed by atoms with Crippen LogP contribution in [0, 0.1) is 0 Å². The van der Waals surface area contributed by atoms with Gasteiger partial charge in [-0.05, 0) is 24.3 Å². The molecule has 0 amide bonds. The molecule has 6 nitrogen and oxygen atoms in total. The first-order valence-electron chi connectivity index (χ1n) is 5.99. The van der Waals surface area contributed by atoms with Crippen molar-refractivity contribution in [1.29, 1.82) is 0 Å². The normalized spacial score (nSPS) is 8.57. The van der Waals surface area contributed by atoms with E-state index in [9.17, 15) is 4.79 Å². The van der Waals surface area contributed by atoms with Gasteiger partial charge in [0.1, 0.15) is 11.5 Å². The Bertz CT molecular complexity index is 603. The Morgan fingerprint density at radius 3 is 1.48 bits per heavy atom. The largest absolute Gasteiger partial charge is 0.506 e. The zero-order valence-electron chi connectivity index (χ0n) is 11.1. The van der Waals surface area contributed by atoms with Gasteiger partial charge in [0.05, 0.1) is 12.4 Å². The Hall–Kier alpha value is -3.15. The SMILES string of the molecule is O=c1cc[nH]cc1.Oc1cccnc1.Oc1cccnc1. The van der Waals surface area contributed by atoms with Gasteiger partial charge in [0.2, 0.25) is 0 Å². The van der Waals surface area contributed by atoms with E-state index in [-0.39, 0.29) is 16.9 Å². The van der Waals surface area contributed by atoms with Crippen LogP contribution in [0.3, 0.4) is 0 Å². The van der Waals surface area contributed by atoms with Gasteiger partial charge in [-0.25, -0.2) is 0 Å². The van der Waals surface area contributed by atoms with Crippen LogP contribution in [0.4, 0.5) is 0 Å². The third kappa shape index (κ3) is 8.55. The van der Waals surface area contributed by atoms with Crippen LogP contribution in [0.25, 0.3) is 0 Å². The molecule has 0 unspecified atom stereocenters. The van der Waals surface area contributed by atoms with Crippen LogP contribution < -0.4 is 5.43 Å². The van der Waals surface area contributed by atoms with E-state index >= 15 is 0 Å². The smallest absolute Gasteiger partial charge is 0.181 e. The number of rotatable bonds is 0. The van der Waals surface area contributed by atoms with E-state index in [1.807, 2.05) is 0 Å². The van der Waals surface area contributed by atoms with Crippen LogP contribution in [0.1, 0.15) is 0 Å². The van der Waals surface area contributed by atoms with Gasteiger partial charge in [-0.15, -0.1) is 0 Å². The number of hydrogen-bond acceptors (Lipinski definition) is 5. The average Bonchev–Trinajstić information content (AvgIpc) is 2.51. The monoisotopic (exact) mass is 285 g/mol. The lowest BCUT2D eigenvalue weighted by Crippen LogP contribution is -1.92. The first kappa shape index (κ1) is 15.9. The first-order valence-corrected chi connectivity index (χ1v) is 5.99. The van der Waals surface area contributed by atoms with Gasteiger partial charge in [0.25, 0.3) is 0 Å². The van der Waals surface area contributed by atoms with E-state index < -0.39 is 0 Å². The minimum absolute atomic E-state index is 0.0405. The Morgan fingerprint density at radius 1 is 0.810 bits per heavy atom. The average molecular weight is 285 g/mol. The molecule has 21 heavy (non-hydrogen) atoms. The minimum atomic E-state index is 0.0405. The maximum absolute atomic E-state index is 10.2. The van der Waals surface area contributed by atoms with Crippen LogP contribution in [0.15, 0.2) is 78.4 Å². The highest BCUT2D eigenvalue weighted by Crippen LogP contribution is 2.00. The number of hydrogen-bond donors (Lipinski definition) is 3. The molecular formula is C15H15N3O3. The summed E-state index contributed by atoms with van der Waals surface area (Å²) in [7, 11) is 0. The highest BCUT2D eigenvalue weighted by Gasteiger charge is 1.76. The maximum atomic E-state index is 10.2. The molecule has 3 aromatic rings. The van der Waals surface area contributed by atoms with Crippen molar-refractivity contribution in [2.45, 2.75) is 0 Å². The van der Waals surface area contributed by atoms with Crippen molar-refractivity contribution in [3.63, 3.8) is 0 Å². The number of aromatic hydroxyl groups is 2. The van der Waals surface area contributed by atoms with E-state index in [2.05, 4.69) is 15.0 Å². The first-order chi connectivity index (χ1) is 10.2. The summed E-state index contributed by atoms with van der Waals surface area (Å²) in [6, 6.07) is 9.45.